The molecule has 2 fully saturated rings. The van der Waals surface area contributed by atoms with Crippen molar-refractivity contribution in [3.8, 4) is 0 Å². The number of fused-ring (bicyclic) bond motifs is 1. The van der Waals surface area contributed by atoms with Crippen LogP contribution in [0.4, 0.5) is 5.69 Å². The lowest BCUT2D eigenvalue weighted by atomic mass is 9.99. The van der Waals surface area contributed by atoms with Crippen molar-refractivity contribution in [3.05, 3.63) is 18.0 Å². The molecule has 0 spiro atoms. The molecule has 0 bridgehead atoms. The molecule has 1 aromatic rings. The van der Waals surface area contributed by atoms with Crippen molar-refractivity contribution in [2.24, 2.45) is 0 Å². The Morgan fingerprint density at radius 1 is 1.33 bits per heavy atom. The Morgan fingerprint density at radius 2 is 2.14 bits per heavy atom. The fourth-order valence-corrected chi connectivity index (χ4v) is 3.77. The molecule has 1 aromatic heterocycles. The zero-order chi connectivity index (χ0) is 15.0. The number of nitrogens with zero attached hydrogens (tertiary/aromatic N) is 2. The highest BCUT2D eigenvalue weighted by molar-refractivity contribution is 5.94. The van der Waals surface area contributed by atoms with Crippen LogP contribution in [-0.4, -0.2) is 40.5 Å². The van der Waals surface area contributed by atoms with Gasteiger partial charge in [-0.3, -0.25) is 9.69 Å². The Hall–Kier alpha value is -1.49. The molecule has 0 aliphatic carbocycles. The summed E-state index contributed by atoms with van der Waals surface area (Å²) in [6.07, 6.45) is 6.69. The first-order valence-corrected chi connectivity index (χ1v) is 8.08. The number of hydrogen-bond donors (Lipinski definition) is 2. The van der Waals surface area contributed by atoms with Crippen molar-refractivity contribution in [3.63, 3.8) is 0 Å². The number of carbonyl (C=O) groups excluding carboxylic acids is 1. The van der Waals surface area contributed by atoms with Gasteiger partial charge in [0.15, 0.2) is 0 Å². The van der Waals surface area contributed by atoms with Crippen molar-refractivity contribution in [1.82, 2.24) is 14.8 Å². The van der Waals surface area contributed by atoms with Crippen LogP contribution in [0.3, 0.4) is 0 Å². The number of rotatable bonds is 3. The van der Waals surface area contributed by atoms with Crippen LogP contribution in [0.2, 0.25) is 0 Å². The molecule has 0 radical (unpaired) electrons. The molecule has 2 aliphatic rings. The van der Waals surface area contributed by atoms with Gasteiger partial charge < -0.3 is 15.6 Å². The lowest BCUT2D eigenvalue weighted by Crippen LogP contribution is -2.47. The maximum atomic E-state index is 12.6. The van der Waals surface area contributed by atoms with Crippen molar-refractivity contribution in [2.45, 2.75) is 57.7 Å². The molecule has 3 N–H and O–H groups in total. The number of aromatic nitrogens is 1. The molecule has 0 aromatic carbocycles. The van der Waals surface area contributed by atoms with E-state index in [9.17, 15) is 4.79 Å². The van der Waals surface area contributed by atoms with E-state index in [1.54, 1.807) is 6.07 Å². The second kappa shape index (κ2) is 5.72. The maximum Gasteiger partial charge on any atom is 0.268 e. The number of nitrogen functional groups attached to an aromatic ring is 1. The Bertz CT molecular complexity index is 522. The summed E-state index contributed by atoms with van der Waals surface area (Å²) in [7, 11) is 0. The van der Waals surface area contributed by atoms with Gasteiger partial charge in [-0.15, -0.1) is 0 Å². The van der Waals surface area contributed by atoms with Crippen molar-refractivity contribution >= 4 is 11.6 Å². The van der Waals surface area contributed by atoms with Crippen molar-refractivity contribution in [2.75, 3.05) is 18.8 Å². The number of piperidine rings is 1. The Morgan fingerprint density at radius 3 is 2.90 bits per heavy atom. The Labute approximate surface area is 126 Å². The second-order valence-corrected chi connectivity index (χ2v) is 6.63. The summed E-state index contributed by atoms with van der Waals surface area (Å²) in [6.45, 7) is 6.43. The van der Waals surface area contributed by atoms with Gasteiger partial charge in [-0.25, -0.2) is 0 Å². The van der Waals surface area contributed by atoms with Crippen LogP contribution in [-0.2, 0) is 0 Å². The fourth-order valence-electron chi connectivity index (χ4n) is 3.77. The standard InChI is InChI=1S/C16H26N4O/c1-11(2)20-10-12(17)9-15(20)16(21)18-13-6-8-19-7-4-3-5-14(13)19/h9-11,13-14H,3-8,17H2,1-2H3,(H,18,21). The van der Waals surface area contributed by atoms with E-state index in [1.165, 1.54) is 25.8 Å². The van der Waals surface area contributed by atoms with E-state index in [0.29, 0.717) is 17.4 Å². The van der Waals surface area contributed by atoms with Crippen LogP contribution < -0.4 is 11.1 Å². The van der Waals surface area contributed by atoms with Gasteiger partial charge in [0.25, 0.3) is 5.91 Å². The lowest BCUT2D eigenvalue weighted by molar-refractivity contribution is 0.0904. The van der Waals surface area contributed by atoms with Gasteiger partial charge in [-0.1, -0.05) is 6.42 Å². The molecular formula is C16H26N4O. The van der Waals surface area contributed by atoms with E-state index in [4.69, 9.17) is 5.73 Å². The third kappa shape index (κ3) is 2.79. The molecule has 1 amide bonds. The summed E-state index contributed by atoms with van der Waals surface area (Å²) in [5, 5.41) is 3.25. The molecule has 3 rings (SSSR count). The predicted octanol–water partition coefficient (Wildman–Crippen LogP) is 2.01. The number of amides is 1. The largest absolute Gasteiger partial charge is 0.397 e. The first-order valence-electron chi connectivity index (χ1n) is 8.08. The average Bonchev–Trinajstić information content (AvgIpc) is 3.03. The molecule has 3 heterocycles. The van der Waals surface area contributed by atoms with Gasteiger partial charge in [0.2, 0.25) is 0 Å². The molecular weight excluding hydrogens is 264 g/mol. The summed E-state index contributed by atoms with van der Waals surface area (Å²) in [4.78, 5) is 15.1. The third-order valence-corrected chi connectivity index (χ3v) is 4.83. The minimum Gasteiger partial charge on any atom is -0.397 e. The second-order valence-electron chi connectivity index (χ2n) is 6.63. The molecule has 2 unspecified atom stereocenters. The van der Waals surface area contributed by atoms with Gasteiger partial charge in [-0.05, 0) is 45.7 Å². The number of anilines is 1. The van der Waals surface area contributed by atoms with Gasteiger partial charge in [-0.2, -0.15) is 0 Å². The molecule has 5 nitrogen and oxygen atoms in total. The Balaban J connectivity index is 1.72. The highest BCUT2D eigenvalue weighted by Gasteiger charge is 2.36. The minimum atomic E-state index is 0.0119. The zero-order valence-corrected chi connectivity index (χ0v) is 13.0. The molecule has 2 aliphatic heterocycles. The average molecular weight is 290 g/mol. The SMILES string of the molecule is CC(C)n1cc(N)cc1C(=O)NC1CCN2CCCCC12. The number of nitrogens with two attached hydrogens (primary N) is 1. The fraction of sp³-hybridized carbons (Fsp3) is 0.688. The van der Waals surface area contributed by atoms with Gasteiger partial charge in [0.05, 0.1) is 5.69 Å². The van der Waals surface area contributed by atoms with E-state index < -0.39 is 0 Å². The van der Waals surface area contributed by atoms with E-state index in [1.807, 2.05) is 10.8 Å². The quantitative estimate of drug-likeness (QED) is 0.895. The third-order valence-electron chi connectivity index (χ3n) is 4.83. The predicted molar refractivity (Wildman–Crippen MR) is 84.3 cm³/mol. The Kier molecular flexibility index (Phi) is 3.93. The number of nitrogens with one attached hydrogen (secondary N) is 1. The highest BCUT2D eigenvalue weighted by Crippen LogP contribution is 2.27. The van der Waals surface area contributed by atoms with Crippen LogP contribution in [0, 0.1) is 0 Å². The van der Waals surface area contributed by atoms with Crippen LogP contribution in [0.1, 0.15) is 56.1 Å². The first kappa shape index (κ1) is 14.4. The molecule has 0 saturated carbocycles. The van der Waals surface area contributed by atoms with Gasteiger partial charge in [0, 0.05) is 30.9 Å². The summed E-state index contributed by atoms with van der Waals surface area (Å²) in [5.41, 5.74) is 7.19. The maximum absolute atomic E-state index is 12.6. The van der Waals surface area contributed by atoms with E-state index in [2.05, 4.69) is 24.1 Å². The molecule has 2 saturated heterocycles. The van der Waals surface area contributed by atoms with Crippen LogP contribution in [0.15, 0.2) is 12.3 Å². The van der Waals surface area contributed by atoms with Crippen molar-refractivity contribution in [1.29, 1.82) is 0 Å². The molecule has 2 atom stereocenters. The highest BCUT2D eigenvalue weighted by atomic mass is 16.2. The minimum absolute atomic E-state index is 0.0119. The van der Waals surface area contributed by atoms with Crippen LogP contribution in [0.5, 0.6) is 0 Å². The smallest absolute Gasteiger partial charge is 0.268 e. The van der Waals surface area contributed by atoms with Crippen LogP contribution >= 0.6 is 0 Å². The van der Waals surface area contributed by atoms with Crippen molar-refractivity contribution < 1.29 is 4.79 Å². The first-order chi connectivity index (χ1) is 10.1. The van der Waals surface area contributed by atoms with E-state index >= 15 is 0 Å². The summed E-state index contributed by atoms with van der Waals surface area (Å²) in [6, 6.07) is 2.83. The van der Waals surface area contributed by atoms with Gasteiger partial charge in [0.1, 0.15) is 5.69 Å². The van der Waals surface area contributed by atoms with E-state index in [-0.39, 0.29) is 18.0 Å². The molecule has 116 valence electrons. The monoisotopic (exact) mass is 290 g/mol. The van der Waals surface area contributed by atoms with E-state index in [0.717, 1.165) is 13.0 Å². The number of hydrogen-bond acceptors (Lipinski definition) is 3. The lowest BCUT2D eigenvalue weighted by Gasteiger charge is -2.32. The molecule has 5 heteroatoms. The summed E-state index contributed by atoms with van der Waals surface area (Å²) >= 11 is 0. The summed E-state index contributed by atoms with van der Waals surface area (Å²) < 4.78 is 1.96. The summed E-state index contributed by atoms with van der Waals surface area (Å²) in [5.74, 6) is 0.0119. The normalized spacial score (nSPS) is 26.0. The topological polar surface area (TPSA) is 63.3 Å². The van der Waals surface area contributed by atoms with Crippen LogP contribution in [0.25, 0.3) is 0 Å². The molecule has 21 heavy (non-hydrogen) atoms. The number of carbonyl (C=O) groups is 1. The zero-order valence-electron chi connectivity index (χ0n) is 13.0. The van der Waals surface area contributed by atoms with Gasteiger partial charge >= 0.3 is 0 Å².